The molecule has 4 heteroatoms. The molecule has 18 heavy (non-hydrogen) atoms. The molecule has 0 radical (unpaired) electrons. The third-order valence-corrected chi connectivity index (χ3v) is 3.97. The van der Waals surface area contributed by atoms with Crippen molar-refractivity contribution in [3.63, 3.8) is 0 Å². The van der Waals surface area contributed by atoms with Gasteiger partial charge >= 0.3 is 0 Å². The molecule has 2 atom stereocenters. The first-order valence-corrected chi connectivity index (χ1v) is 6.81. The third kappa shape index (κ3) is 3.31. The Labute approximate surface area is 112 Å². The minimum absolute atomic E-state index is 0.0431. The number of hydrogen-bond donors (Lipinski definition) is 1. The lowest BCUT2D eigenvalue weighted by Crippen LogP contribution is -2.22. The van der Waals surface area contributed by atoms with E-state index >= 15 is 0 Å². The Balaban J connectivity index is 2.22. The van der Waals surface area contributed by atoms with Crippen LogP contribution in [0.5, 0.6) is 0 Å². The summed E-state index contributed by atoms with van der Waals surface area (Å²) >= 11 is 1.62. The largest absolute Gasteiger partial charge is 0.327 e. The van der Waals surface area contributed by atoms with E-state index in [1.165, 1.54) is 5.56 Å². The van der Waals surface area contributed by atoms with Gasteiger partial charge in [-0.15, -0.1) is 0 Å². The number of aromatic nitrogens is 2. The highest BCUT2D eigenvalue weighted by Gasteiger charge is 2.18. The molecule has 1 heterocycles. The lowest BCUT2D eigenvalue weighted by atomic mass is 10.1. The first kappa shape index (κ1) is 13.1. The number of aryl methyl sites for hydroxylation is 1. The van der Waals surface area contributed by atoms with Crippen LogP contribution in [0.1, 0.15) is 23.4 Å². The second kappa shape index (κ2) is 5.98. The summed E-state index contributed by atoms with van der Waals surface area (Å²) in [7, 11) is 0. The van der Waals surface area contributed by atoms with E-state index in [4.69, 9.17) is 5.73 Å². The normalized spacial score (nSPS) is 14.2. The van der Waals surface area contributed by atoms with E-state index in [0.717, 1.165) is 10.9 Å². The molecule has 0 bridgehead atoms. The smallest absolute Gasteiger partial charge is 0.188 e. The van der Waals surface area contributed by atoms with Gasteiger partial charge in [0.05, 0.1) is 5.25 Å². The second-order valence-corrected chi connectivity index (χ2v) is 5.40. The molecule has 2 aromatic rings. The predicted octanol–water partition coefficient (Wildman–Crippen LogP) is 2.97. The molecule has 1 aromatic carbocycles. The van der Waals surface area contributed by atoms with Gasteiger partial charge in [-0.25, -0.2) is 9.97 Å². The molecule has 94 valence electrons. The fraction of sp³-hybridized carbons (Fsp3) is 0.286. The Morgan fingerprint density at radius 1 is 1.17 bits per heavy atom. The van der Waals surface area contributed by atoms with Crippen LogP contribution < -0.4 is 5.73 Å². The molecule has 0 fully saturated rings. The summed E-state index contributed by atoms with van der Waals surface area (Å²) < 4.78 is 0. The van der Waals surface area contributed by atoms with Gasteiger partial charge in [0, 0.05) is 17.9 Å². The van der Waals surface area contributed by atoms with E-state index in [-0.39, 0.29) is 11.3 Å². The average Bonchev–Trinajstić information content (AvgIpc) is 2.37. The highest BCUT2D eigenvalue weighted by molar-refractivity contribution is 7.99. The maximum atomic E-state index is 6.08. The van der Waals surface area contributed by atoms with E-state index in [0.29, 0.717) is 0 Å². The number of hydrogen-bond acceptors (Lipinski definition) is 4. The van der Waals surface area contributed by atoms with Crippen LogP contribution in [0, 0.1) is 6.92 Å². The van der Waals surface area contributed by atoms with Crippen LogP contribution in [0.15, 0.2) is 47.8 Å². The molecule has 3 nitrogen and oxygen atoms in total. The molecule has 0 spiro atoms. The van der Waals surface area contributed by atoms with Crippen LogP contribution in [0.3, 0.4) is 0 Å². The summed E-state index contributed by atoms with van der Waals surface area (Å²) in [5, 5.41) is 0.953. The standard InChI is InChI=1S/C14H17N3S/c1-10-8-9-16-14(17-10)18-13(11(2)15)12-6-4-3-5-7-12/h3-9,11,13H,15H2,1-2H3. The second-order valence-electron chi connectivity index (χ2n) is 4.29. The van der Waals surface area contributed by atoms with Crippen molar-refractivity contribution in [2.24, 2.45) is 5.73 Å². The molecule has 1 aromatic heterocycles. The van der Waals surface area contributed by atoms with Crippen LogP contribution in [0.2, 0.25) is 0 Å². The minimum Gasteiger partial charge on any atom is -0.327 e. The van der Waals surface area contributed by atoms with Gasteiger partial charge in [0.25, 0.3) is 0 Å². The first-order chi connectivity index (χ1) is 8.66. The zero-order chi connectivity index (χ0) is 13.0. The van der Waals surface area contributed by atoms with E-state index in [9.17, 15) is 0 Å². The van der Waals surface area contributed by atoms with Gasteiger partial charge in [0.1, 0.15) is 0 Å². The summed E-state index contributed by atoms with van der Waals surface area (Å²) in [5.74, 6) is 0. The molecule has 0 aliphatic heterocycles. The summed E-state index contributed by atoms with van der Waals surface area (Å²) in [6.45, 7) is 3.98. The van der Waals surface area contributed by atoms with Crippen LogP contribution in [-0.2, 0) is 0 Å². The lowest BCUT2D eigenvalue weighted by molar-refractivity contribution is 0.717. The van der Waals surface area contributed by atoms with E-state index in [1.807, 2.05) is 38.1 Å². The quantitative estimate of drug-likeness (QED) is 0.677. The fourth-order valence-corrected chi connectivity index (χ4v) is 2.77. The maximum absolute atomic E-state index is 6.08. The van der Waals surface area contributed by atoms with Crippen LogP contribution >= 0.6 is 11.8 Å². The summed E-state index contributed by atoms with van der Waals surface area (Å²) in [6.07, 6.45) is 1.79. The molecule has 2 unspecified atom stereocenters. The third-order valence-electron chi connectivity index (χ3n) is 2.61. The van der Waals surface area contributed by atoms with Crippen molar-refractivity contribution >= 4 is 11.8 Å². The summed E-state index contributed by atoms with van der Waals surface area (Å²) in [4.78, 5) is 8.70. The van der Waals surface area contributed by atoms with Crippen molar-refractivity contribution in [1.82, 2.24) is 9.97 Å². The Hall–Kier alpha value is -1.39. The zero-order valence-electron chi connectivity index (χ0n) is 10.6. The summed E-state index contributed by atoms with van der Waals surface area (Å²) in [6, 6.07) is 12.2. The minimum atomic E-state index is 0.0431. The van der Waals surface area contributed by atoms with E-state index in [2.05, 4.69) is 22.1 Å². The maximum Gasteiger partial charge on any atom is 0.188 e. The van der Waals surface area contributed by atoms with Gasteiger partial charge in [0.2, 0.25) is 0 Å². The number of nitrogens with two attached hydrogens (primary N) is 1. The van der Waals surface area contributed by atoms with Gasteiger partial charge in [-0.3, -0.25) is 0 Å². The van der Waals surface area contributed by atoms with Crippen molar-refractivity contribution < 1.29 is 0 Å². The first-order valence-electron chi connectivity index (χ1n) is 5.93. The number of nitrogens with zero attached hydrogens (tertiary/aromatic N) is 2. The van der Waals surface area contributed by atoms with Crippen molar-refractivity contribution in [3.8, 4) is 0 Å². The van der Waals surface area contributed by atoms with Crippen molar-refractivity contribution in [1.29, 1.82) is 0 Å². The fourth-order valence-electron chi connectivity index (χ4n) is 1.72. The SMILES string of the molecule is Cc1ccnc(SC(c2ccccc2)C(C)N)n1. The highest BCUT2D eigenvalue weighted by atomic mass is 32.2. The van der Waals surface area contributed by atoms with Crippen LogP contribution in [0.25, 0.3) is 0 Å². The Morgan fingerprint density at radius 2 is 1.89 bits per heavy atom. The molecule has 0 saturated heterocycles. The molecule has 2 rings (SSSR count). The molecule has 0 aliphatic rings. The van der Waals surface area contributed by atoms with E-state index < -0.39 is 0 Å². The van der Waals surface area contributed by atoms with Gasteiger partial charge in [-0.2, -0.15) is 0 Å². The summed E-state index contributed by atoms with van der Waals surface area (Å²) in [5.41, 5.74) is 8.26. The van der Waals surface area contributed by atoms with Gasteiger partial charge < -0.3 is 5.73 Å². The number of rotatable bonds is 4. The van der Waals surface area contributed by atoms with Gasteiger partial charge in [-0.05, 0) is 25.5 Å². The Bertz CT molecular complexity index is 499. The van der Waals surface area contributed by atoms with Crippen molar-refractivity contribution in [2.45, 2.75) is 30.3 Å². The zero-order valence-corrected chi connectivity index (χ0v) is 11.4. The average molecular weight is 259 g/mol. The highest BCUT2D eigenvalue weighted by Crippen LogP contribution is 2.35. The number of benzene rings is 1. The number of thioether (sulfide) groups is 1. The van der Waals surface area contributed by atoms with E-state index in [1.54, 1.807) is 18.0 Å². The predicted molar refractivity (Wildman–Crippen MR) is 75.5 cm³/mol. The lowest BCUT2D eigenvalue weighted by Gasteiger charge is -2.19. The monoisotopic (exact) mass is 259 g/mol. The molecule has 0 saturated carbocycles. The molecular formula is C14H17N3S. The van der Waals surface area contributed by atoms with Crippen LogP contribution in [-0.4, -0.2) is 16.0 Å². The topological polar surface area (TPSA) is 51.8 Å². The van der Waals surface area contributed by atoms with Crippen LogP contribution in [0.4, 0.5) is 0 Å². The van der Waals surface area contributed by atoms with Gasteiger partial charge in [-0.1, -0.05) is 42.1 Å². The Morgan fingerprint density at radius 3 is 2.50 bits per heavy atom. The molecule has 2 N–H and O–H groups in total. The van der Waals surface area contributed by atoms with Gasteiger partial charge in [0.15, 0.2) is 5.16 Å². The molecular weight excluding hydrogens is 242 g/mol. The van der Waals surface area contributed by atoms with Crippen molar-refractivity contribution in [2.75, 3.05) is 0 Å². The molecule has 0 amide bonds. The molecule has 0 aliphatic carbocycles. The van der Waals surface area contributed by atoms with Crippen molar-refractivity contribution in [3.05, 3.63) is 53.9 Å². The Kier molecular flexibility index (Phi) is 4.33.